The zero-order valence-corrected chi connectivity index (χ0v) is 24.5. The minimum Gasteiger partial charge on any atom is -0.493 e. The molecule has 5 rings (SSSR count). The molecule has 0 fully saturated rings. The van der Waals surface area contributed by atoms with E-state index in [-0.39, 0.29) is 23.8 Å². The third kappa shape index (κ3) is 6.23. The highest BCUT2D eigenvalue weighted by molar-refractivity contribution is 7.89. The lowest BCUT2D eigenvalue weighted by atomic mass is 9.91. The Morgan fingerprint density at radius 2 is 1.76 bits per heavy atom. The van der Waals surface area contributed by atoms with Crippen molar-refractivity contribution < 1.29 is 22.7 Å². The maximum atomic E-state index is 13.8. The Hall–Kier alpha value is -3.89. The second kappa shape index (κ2) is 12.3. The molecule has 9 nitrogen and oxygen atoms in total. The van der Waals surface area contributed by atoms with Gasteiger partial charge in [0.2, 0.25) is 15.9 Å². The largest absolute Gasteiger partial charge is 0.493 e. The van der Waals surface area contributed by atoms with Gasteiger partial charge in [-0.25, -0.2) is 8.42 Å². The van der Waals surface area contributed by atoms with Gasteiger partial charge < -0.3 is 20.1 Å². The van der Waals surface area contributed by atoms with Gasteiger partial charge in [0.15, 0.2) is 11.5 Å². The molecule has 0 saturated carbocycles. The van der Waals surface area contributed by atoms with E-state index in [0.29, 0.717) is 30.9 Å². The Morgan fingerprint density at radius 3 is 2.41 bits per heavy atom. The molecule has 0 bridgehead atoms. The van der Waals surface area contributed by atoms with Gasteiger partial charge in [-0.2, -0.15) is 4.31 Å². The van der Waals surface area contributed by atoms with Crippen LogP contribution < -0.4 is 20.1 Å². The number of hydrogen-bond acceptors (Lipinski definition) is 7. The molecule has 41 heavy (non-hydrogen) atoms. The highest BCUT2D eigenvalue weighted by Crippen LogP contribution is 2.41. The summed E-state index contributed by atoms with van der Waals surface area (Å²) in [6.07, 6.45) is 1.14. The van der Waals surface area contributed by atoms with Crippen LogP contribution in [-0.2, 0) is 27.7 Å². The lowest BCUT2D eigenvalue weighted by Crippen LogP contribution is -2.42. The zero-order chi connectivity index (χ0) is 29.0. The van der Waals surface area contributed by atoms with Crippen molar-refractivity contribution in [3.8, 4) is 11.5 Å². The summed E-state index contributed by atoms with van der Waals surface area (Å²) in [5.41, 5.74) is 4.81. The first-order chi connectivity index (χ1) is 19.8. The third-order valence-corrected chi connectivity index (χ3v) is 9.52. The number of amidine groups is 1. The van der Waals surface area contributed by atoms with E-state index in [4.69, 9.17) is 9.47 Å². The van der Waals surface area contributed by atoms with Crippen LogP contribution in [0, 0.1) is 6.92 Å². The number of nitrogens with zero attached hydrogens (tertiary/aromatic N) is 2. The van der Waals surface area contributed by atoms with Crippen molar-refractivity contribution in [3.05, 3.63) is 88.5 Å². The number of sulfonamides is 1. The van der Waals surface area contributed by atoms with Crippen LogP contribution in [0.2, 0.25) is 0 Å². The number of hydrogen-bond donors (Lipinski definition) is 2. The number of fused-ring (bicyclic) bond motifs is 1. The fourth-order valence-electron chi connectivity index (χ4n) is 5.36. The smallest absolute Gasteiger partial charge is 0.243 e. The van der Waals surface area contributed by atoms with E-state index >= 15 is 0 Å². The number of aryl methyl sites for hydroxylation is 1. The number of carbonyl (C=O) groups is 1. The minimum atomic E-state index is -3.86. The Morgan fingerprint density at radius 1 is 1.05 bits per heavy atom. The van der Waals surface area contributed by atoms with Gasteiger partial charge in [-0.05, 0) is 60.7 Å². The number of aliphatic imine (C=N–C) groups is 1. The SMILES string of the molecule is COc1cc2c(cc1OC)C(CC(=O)NCCc1ccc(C3=NCCN3)cc1)N(S(=O)(=O)c1ccc(C)cc1)CC2. The molecule has 0 aliphatic carbocycles. The van der Waals surface area contributed by atoms with Gasteiger partial charge in [-0.15, -0.1) is 0 Å². The molecule has 1 amide bonds. The number of benzene rings is 3. The van der Waals surface area contributed by atoms with Crippen molar-refractivity contribution in [1.29, 1.82) is 0 Å². The van der Waals surface area contributed by atoms with Gasteiger partial charge in [-0.1, -0.05) is 42.0 Å². The van der Waals surface area contributed by atoms with Crippen LogP contribution in [0.3, 0.4) is 0 Å². The summed E-state index contributed by atoms with van der Waals surface area (Å²) in [6, 6.07) is 17.9. The van der Waals surface area contributed by atoms with Crippen molar-refractivity contribution in [3.63, 3.8) is 0 Å². The first-order valence-electron chi connectivity index (χ1n) is 13.8. The van der Waals surface area contributed by atoms with E-state index in [9.17, 15) is 13.2 Å². The van der Waals surface area contributed by atoms with Crippen molar-refractivity contribution in [1.82, 2.24) is 14.9 Å². The van der Waals surface area contributed by atoms with Crippen molar-refractivity contribution >= 4 is 21.8 Å². The summed E-state index contributed by atoms with van der Waals surface area (Å²) in [7, 11) is -0.749. The Kier molecular flexibility index (Phi) is 8.60. The van der Waals surface area contributed by atoms with Crippen LogP contribution >= 0.6 is 0 Å². The van der Waals surface area contributed by atoms with Crippen LogP contribution in [0.25, 0.3) is 0 Å². The second-order valence-corrected chi connectivity index (χ2v) is 12.1. The molecule has 2 aliphatic rings. The monoisotopic (exact) mass is 576 g/mol. The van der Waals surface area contributed by atoms with Gasteiger partial charge >= 0.3 is 0 Å². The predicted molar refractivity (Wildman–Crippen MR) is 158 cm³/mol. The number of methoxy groups -OCH3 is 2. The quantitative estimate of drug-likeness (QED) is 0.383. The van der Waals surface area contributed by atoms with Gasteiger partial charge in [0.25, 0.3) is 0 Å². The fraction of sp³-hybridized carbons (Fsp3) is 0.355. The number of carbonyl (C=O) groups excluding carboxylic acids is 1. The highest BCUT2D eigenvalue weighted by Gasteiger charge is 2.38. The maximum absolute atomic E-state index is 13.8. The van der Waals surface area contributed by atoms with E-state index in [2.05, 4.69) is 15.6 Å². The van der Waals surface area contributed by atoms with Crippen LogP contribution in [0.15, 0.2) is 70.6 Å². The average molecular weight is 577 g/mol. The van der Waals surface area contributed by atoms with Gasteiger partial charge in [0.05, 0.1) is 31.7 Å². The number of amides is 1. The van der Waals surface area contributed by atoms with Crippen LogP contribution in [-0.4, -0.2) is 64.9 Å². The first kappa shape index (κ1) is 28.6. The van der Waals surface area contributed by atoms with Crippen LogP contribution in [0.4, 0.5) is 0 Å². The zero-order valence-electron chi connectivity index (χ0n) is 23.6. The van der Waals surface area contributed by atoms with Gasteiger partial charge in [0, 0.05) is 31.6 Å². The molecule has 216 valence electrons. The highest BCUT2D eigenvalue weighted by atomic mass is 32.2. The Bertz CT molecular complexity index is 1540. The second-order valence-electron chi connectivity index (χ2n) is 10.3. The molecular formula is C31H36N4O5S. The van der Waals surface area contributed by atoms with E-state index in [0.717, 1.165) is 46.7 Å². The van der Waals surface area contributed by atoms with E-state index in [1.807, 2.05) is 37.3 Å². The molecule has 2 N–H and O–H groups in total. The molecular weight excluding hydrogens is 540 g/mol. The summed E-state index contributed by atoms with van der Waals surface area (Å²) in [5.74, 6) is 1.76. The number of rotatable bonds is 10. The standard InChI is InChI=1S/C31H36N4O5S/c1-21-4-10-25(11-5-21)41(37,38)35-17-13-24-18-28(39-2)29(40-3)19-26(24)27(35)20-30(36)32-14-12-22-6-8-23(9-7-22)31-33-15-16-34-31/h4-11,18-19,27H,12-17,20H2,1-3H3,(H,32,36)(H,33,34). The minimum absolute atomic E-state index is 0.0159. The normalized spacial score (nSPS) is 16.9. The van der Waals surface area contributed by atoms with Crippen molar-refractivity contribution in [2.45, 2.75) is 37.1 Å². The van der Waals surface area contributed by atoms with E-state index in [1.165, 1.54) is 4.31 Å². The molecule has 0 aromatic heterocycles. The summed E-state index contributed by atoms with van der Waals surface area (Å²) in [5, 5.41) is 6.27. The van der Waals surface area contributed by atoms with Crippen LogP contribution in [0.1, 0.15) is 40.3 Å². The summed E-state index contributed by atoms with van der Waals surface area (Å²) >= 11 is 0. The Labute approximate surface area is 241 Å². The van der Waals surface area contributed by atoms with Gasteiger partial charge in [-0.3, -0.25) is 9.79 Å². The summed E-state index contributed by atoms with van der Waals surface area (Å²) in [6.45, 7) is 4.25. The van der Waals surface area contributed by atoms with E-state index in [1.54, 1.807) is 44.6 Å². The molecule has 2 aliphatic heterocycles. The van der Waals surface area contributed by atoms with Crippen molar-refractivity contribution in [2.24, 2.45) is 4.99 Å². The number of nitrogens with one attached hydrogen (secondary N) is 2. The molecule has 1 unspecified atom stereocenters. The average Bonchev–Trinajstić information content (AvgIpc) is 3.52. The third-order valence-electron chi connectivity index (χ3n) is 7.60. The molecule has 3 aromatic rings. The maximum Gasteiger partial charge on any atom is 0.243 e. The topological polar surface area (TPSA) is 109 Å². The molecule has 3 aromatic carbocycles. The molecule has 0 saturated heterocycles. The van der Waals surface area contributed by atoms with Gasteiger partial charge in [0.1, 0.15) is 5.84 Å². The first-order valence-corrected chi connectivity index (χ1v) is 15.2. The fourth-order valence-corrected chi connectivity index (χ4v) is 6.97. The molecule has 0 spiro atoms. The molecule has 2 heterocycles. The molecule has 0 radical (unpaired) electrons. The van der Waals surface area contributed by atoms with E-state index < -0.39 is 16.1 Å². The van der Waals surface area contributed by atoms with Crippen molar-refractivity contribution in [2.75, 3.05) is 40.4 Å². The lowest BCUT2D eigenvalue weighted by molar-refractivity contribution is -0.122. The lowest BCUT2D eigenvalue weighted by Gasteiger charge is -2.36. The number of ether oxygens (including phenoxy) is 2. The molecule has 1 atom stereocenters. The molecule has 10 heteroatoms. The summed E-state index contributed by atoms with van der Waals surface area (Å²) in [4.78, 5) is 17.9. The predicted octanol–water partition coefficient (Wildman–Crippen LogP) is 3.40. The van der Waals surface area contributed by atoms with Crippen LogP contribution in [0.5, 0.6) is 11.5 Å². The summed E-state index contributed by atoms with van der Waals surface area (Å²) < 4.78 is 40.1. The Balaban J connectivity index is 1.34.